The topological polar surface area (TPSA) is 126 Å². The van der Waals surface area contributed by atoms with E-state index >= 15 is 0 Å². The minimum Gasteiger partial charge on any atom is -0.496 e. The van der Waals surface area contributed by atoms with Crippen LogP contribution in [0, 0.1) is 0 Å². The first-order chi connectivity index (χ1) is 21.9. The highest BCUT2D eigenvalue weighted by atomic mass is 32.1. The summed E-state index contributed by atoms with van der Waals surface area (Å²) < 4.78 is 35.4. The van der Waals surface area contributed by atoms with Gasteiger partial charge in [-0.3, -0.25) is 4.79 Å². The third kappa shape index (κ3) is 6.21. The van der Waals surface area contributed by atoms with Gasteiger partial charge in [0, 0.05) is 17.6 Å². The van der Waals surface area contributed by atoms with E-state index in [9.17, 15) is 14.7 Å². The summed E-state index contributed by atoms with van der Waals surface area (Å²) in [5.41, 5.74) is 4.32. The number of cyclic esters (lactones) is 1. The number of hydrogen-bond donors (Lipinski definition) is 1. The Morgan fingerprint density at radius 3 is 2.13 bits per heavy atom. The molecule has 0 radical (unpaired) electrons. The van der Waals surface area contributed by atoms with Gasteiger partial charge in [-0.05, 0) is 59.7 Å². The molecule has 1 unspecified atom stereocenters. The van der Waals surface area contributed by atoms with E-state index in [1.165, 1.54) is 14.2 Å². The number of esters is 1. The van der Waals surface area contributed by atoms with Crippen molar-refractivity contribution < 1.29 is 38.4 Å². The molecule has 0 bridgehead atoms. The lowest BCUT2D eigenvalue weighted by atomic mass is 9.87. The Morgan fingerprint density at radius 2 is 1.44 bits per heavy atom. The van der Waals surface area contributed by atoms with Crippen molar-refractivity contribution in [2.75, 3.05) is 28.4 Å². The van der Waals surface area contributed by atoms with Crippen molar-refractivity contribution in [2.45, 2.75) is 12.2 Å². The third-order valence-corrected chi connectivity index (χ3v) is 7.85. The number of rotatable bonds is 9. The number of hydrogen-bond acceptors (Lipinski definition) is 11. The maximum Gasteiger partial charge on any atom is 0.342 e. The fourth-order valence-electron chi connectivity index (χ4n) is 5.06. The number of aromatic nitrogens is 2. The fraction of sp³-hybridized carbons (Fsp3) is 0.176. The molecule has 0 amide bonds. The molecule has 6 rings (SSSR count). The second kappa shape index (κ2) is 13.6. The van der Waals surface area contributed by atoms with Crippen LogP contribution in [0.1, 0.15) is 27.0 Å². The van der Waals surface area contributed by atoms with E-state index in [0.717, 1.165) is 29.1 Å². The number of carbonyl (C=O) groups is 2. The largest absolute Gasteiger partial charge is 0.496 e. The number of nitrogens with zero attached hydrogens (tertiary/aromatic N) is 2. The number of benzene rings is 4. The Morgan fingerprint density at radius 1 is 0.778 bits per heavy atom. The molecule has 1 aromatic heterocycles. The molecular formula is C34H30N2O8S. The summed E-state index contributed by atoms with van der Waals surface area (Å²) in [7, 11) is 6.15. The van der Waals surface area contributed by atoms with Gasteiger partial charge in [-0.1, -0.05) is 36.4 Å². The number of fused-ring (bicyclic) bond motifs is 1. The van der Waals surface area contributed by atoms with E-state index in [1.807, 2.05) is 30.3 Å². The van der Waals surface area contributed by atoms with Crippen molar-refractivity contribution in [2.24, 2.45) is 0 Å². The Kier molecular flexibility index (Phi) is 9.41. The molecular weight excluding hydrogens is 596 g/mol. The normalized spacial score (nSPS) is 15.6. The second-order valence-electron chi connectivity index (χ2n) is 9.77. The quantitative estimate of drug-likeness (QED) is 0.163. The molecule has 0 saturated heterocycles. The van der Waals surface area contributed by atoms with E-state index in [2.05, 4.69) is 8.75 Å². The summed E-state index contributed by atoms with van der Waals surface area (Å²) in [6, 6.07) is 24.8. The zero-order chi connectivity index (χ0) is 32.0. The Bertz CT molecular complexity index is 1890. The van der Waals surface area contributed by atoms with Gasteiger partial charge in [-0.15, -0.1) is 0 Å². The van der Waals surface area contributed by atoms with Crippen LogP contribution in [0.25, 0.3) is 16.6 Å². The molecule has 45 heavy (non-hydrogen) atoms. The van der Waals surface area contributed by atoms with E-state index in [-0.39, 0.29) is 12.0 Å². The molecule has 5 aromatic rings. The highest BCUT2D eigenvalue weighted by Gasteiger charge is 2.48. The summed E-state index contributed by atoms with van der Waals surface area (Å²) in [5.74, 6) is -0.544. The molecule has 0 spiro atoms. The van der Waals surface area contributed by atoms with Crippen LogP contribution in [0.3, 0.4) is 0 Å². The summed E-state index contributed by atoms with van der Waals surface area (Å²) in [4.78, 5) is 23.6. The van der Waals surface area contributed by atoms with Gasteiger partial charge in [0.2, 0.25) is 0 Å². The number of methoxy groups -OCH3 is 4. The van der Waals surface area contributed by atoms with E-state index < -0.39 is 11.8 Å². The number of ether oxygens (including phenoxy) is 5. The zero-order valence-corrected chi connectivity index (χ0v) is 25.8. The summed E-state index contributed by atoms with van der Waals surface area (Å²) >= 11 is 1.09. The van der Waals surface area contributed by atoms with Gasteiger partial charge in [0.05, 0.1) is 51.3 Å². The fourth-order valence-corrected chi connectivity index (χ4v) is 5.58. The first kappa shape index (κ1) is 31.2. The molecule has 4 aromatic carbocycles. The van der Waals surface area contributed by atoms with Crippen molar-refractivity contribution in [1.29, 1.82) is 0 Å². The molecule has 1 aliphatic rings. The molecule has 11 heteroatoms. The Labute approximate surface area is 263 Å². The predicted molar refractivity (Wildman–Crippen MR) is 169 cm³/mol. The van der Waals surface area contributed by atoms with Crippen LogP contribution in [0.2, 0.25) is 0 Å². The standard InChI is InChI=1S/C26H22N2O6S.C8H8O2/c1-31-21-7-5-4-6-15(21)12-18-24(16-8-10-19-20(13-16)28-35-27-19)25(29)34-26(18,30)17-9-11-22(32-2)23(14-17)33-3;1-10-8-5-3-2-4-7(8)6-9/h4-11,13-14,30H,12H2,1-3H3;2-6H,1H3. The van der Waals surface area contributed by atoms with Crippen LogP contribution in [0.4, 0.5) is 0 Å². The Balaban J connectivity index is 0.000000342. The second-order valence-corrected chi connectivity index (χ2v) is 10.3. The minimum atomic E-state index is -2.04. The van der Waals surface area contributed by atoms with Crippen LogP contribution in [-0.2, 0) is 21.7 Å². The SMILES string of the molecule is COc1ccccc1C=O.COc1ccccc1CC1=C(c2ccc3nsnc3c2)C(=O)OC1(O)c1ccc(OC)c(OC)c1. The monoisotopic (exact) mass is 626 g/mol. The highest BCUT2D eigenvalue weighted by molar-refractivity contribution is 7.00. The minimum absolute atomic E-state index is 0.198. The van der Waals surface area contributed by atoms with Crippen LogP contribution >= 0.6 is 11.7 Å². The average molecular weight is 627 g/mol. The predicted octanol–water partition coefficient (Wildman–Crippen LogP) is 5.62. The first-order valence-corrected chi connectivity index (χ1v) is 14.4. The maximum absolute atomic E-state index is 13.3. The van der Waals surface area contributed by atoms with Crippen LogP contribution in [0.5, 0.6) is 23.0 Å². The maximum atomic E-state index is 13.3. The van der Waals surface area contributed by atoms with Gasteiger partial charge in [-0.25, -0.2) is 4.79 Å². The molecule has 230 valence electrons. The van der Waals surface area contributed by atoms with Crippen molar-refractivity contribution >= 4 is 40.6 Å². The average Bonchev–Trinajstić information content (AvgIpc) is 3.65. The highest BCUT2D eigenvalue weighted by Crippen LogP contribution is 2.47. The van der Waals surface area contributed by atoms with E-state index in [4.69, 9.17) is 23.7 Å². The Hall–Kier alpha value is -5.26. The van der Waals surface area contributed by atoms with Crippen molar-refractivity contribution in [1.82, 2.24) is 8.75 Å². The van der Waals surface area contributed by atoms with Crippen molar-refractivity contribution in [3.8, 4) is 23.0 Å². The lowest BCUT2D eigenvalue weighted by molar-refractivity contribution is -0.185. The molecule has 0 aliphatic carbocycles. The van der Waals surface area contributed by atoms with Crippen LogP contribution < -0.4 is 18.9 Å². The van der Waals surface area contributed by atoms with E-state index in [1.54, 1.807) is 68.8 Å². The molecule has 0 saturated carbocycles. The van der Waals surface area contributed by atoms with Crippen LogP contribution in [0.15, 0.2) is 90.5 Å². The van der Waals surface area contributed by atoms with Gasteiger partial charge in [0.15, 0.2) is 17.8 Å². The van der Waals surface area contributed by atoms with Gasteiger partial charge >= 0.3 is 5.97 Å². The smallest absolute Gasteiger partial charge is 0.342 e. The molecule has 1 atom stereocenters. The van der Waals surface area contributed by atoms with Gasteiger partial charge in [0.1, 0.15) is 22.5 Å². The molecule has 2 heterocycles. The lowest BCUT2D eigenvalue weighted by Gasteiger charge is -2.26. The summed E-state index contributed by atoms with van der Waals surface area (Å²) in [6.45, 7) is 0. The summed E-state index contributed by atoms with van der Waals surface area (Å²) in [6.07, 6.45) is 0.974. The van der Waals surface area contributed by atoms with Gasteiger partial charge in [-0.2, -0.15) is 8.75 Å². The number of para-hydroxylation sites is 2. The molecule has 10 nitrogen and oxygen atoms in total. The van der Waals surface area contributed by atoms with Crippen LogP contribution in [-0.4, -0.2) is 54.5 Å². The van der Waals surface area contributed by atoms with Crippen molar-refractivity contribution in [3.63, 3.8) is 0 Å². The zero-order valence-electron chi connectivity index (χ0n) is 25.0. The van der Waals surface area contributed by atoms with Crippen molar-refractivity contribution in [3.05, 3.63) is 113 Å². The summed E-state index contributed by atoms with van der Waals surface area (Å²) in [5, 5.41) is 11.9. The number of aldehydes is 1. The van der Waals surface area contributed by atoms with E-state index in [0.29, 0.717) is 50.8 Å². The molecule has 0 fully saturated rings. The van der Waals surface area contributed by atoms with Gasteiger partial charge in [0.25, 0.3) is 5.79 Å². The number of aliphatic hydroxyl groups is 1. The lowest BCUT2D eigenvalue weighted by Crippen LogP contribution is -2.30. The first-order valence-electron chi connectivity index (χ1n) is 13.7. The molecule has 1 aliphatic heterocycles. The third-order valence-electron chi connectivity index (χ3n) is 7.30. The number of carbonyl (C=O) groups excluding carboxylic acids is 2. The van der Waals surface area contributed by atoms with Gasteiger partial charge < -0.3 is 28.8 Å². The molecule has 1 N–H and O–H groups in total.